The minimum Gasteiger partial charge on any atom is -0.478 e. The zero-order valence-corrected chi connectivity index (χ0v) is 7.65. The molecule has 5 nitrogen and oxygen atoms in total. The van der Waals surface area contributed by atoms with Crippen LogP contribution in [-0.4, -0.2) is 17.1 Å². The van der Waals surface area contributed by atoms with Crippen molar-refractivity contribution in [3.63, 3.8) is 0 Å². The number of rotatable bonds is 2. The lowest BCUT2D eigenvalue weighted by molar-refractivity contribution is 0.0698. The highest BCUT2D eigenvalue weighted by Crippen LogP contribution is 2.17. The number of carbonyl (C=O) groups is 2. The lowest BCUT2D eigenvalue weighted by Crippen LogP contribution is -2.21. The van der Waals surface area contributed by atoms with Crippen molar-refractivity contribution in [3.05, 3.63) is 29.3 Å². The van der Waals surface area contributed by atoms with Gasteiger partial charge in [-0.3, -0.25) is 0 Å². The van der Waals surface area contributed by atoms with Gasteiger partial charge in [0.05, 0.1) is 11.3 Å². The quantitative estimate of drug-likeness (QED) is 0.623. The Labute approximate surface area is 85.9 Å². The maximum atomic E-state index is 10.8. The molecule has 1 aromatic carbocycles. The summed E-state index contributed by atoms with van der Waals surface area (Å²) < 4.78 is 0. The number of carbonyl (C=O) groups excluding carboxylic acids is 1. The number of terminal acetylenes is 1. The predicted molar refractivity (Wildman–Crippen MR) is 54.5 cm³/mol. The number of hydrogen-bond acceptors (Lipinski definition) is 2. The Morgan fingerprint density at radius 1 is 1.47 bits per heavy atom. The van der Waals surface area contributed by atoms with Crippen LogP contribution >= 0.6 is 0 Å². The third-order valence-corrected chi connectivity index (χ3v) is 1.67. The maximum Gasteiger partial charge on any atom is 0.337 e. The van der Waals surface area contributed by atoms with E-state index in [9.17, 15) is 9.59 Å². The Balaban J connectivity index is 3.22. The van der Waals surface area contributed by atoms with E-state index in [0.29, 0.717) is 5.56 Å². The fraction of sp³-hybridized carbons (Fsp3) is 0. The highest BCUT2D eigenvalue weighted by Gasteiger charge is 2.11. The van der Waals surface area contributed by atoms with E-state index in [0.717, 1.165) is 0 Å². The number of benzene rings is 1. The summed E-state index contributed by atoms with van der Waals surface area (Å²) in [4.78, 5) is 21.4. The van der Waals surface area contributed by atoms with Crippen molar-refractivity contribution in [2.75, 3.05) is 5.32 Å². The van der Waals surface area contributed by atoms with Crippen molar-refractivity contribution in [2.45, 2.75) is 0 Å². The third-order valence-electron chi connectivity index (χ3n) is 1.67. The van der Waals surface area contributed by atoms with Crippen LogP contribution in [0.15, 0.2) is 18.2 Å². The molecule has 15 heavy (non-hydrogen) atoms. The van der Waals surface area contributed by atoms with Crippen LogP contribution in [0.25, 0.3) is 0 Å². The summed E-state index contributed by atoms with van der Waals surface area (Å²) in [7, 11) is 0. The van der Waals surface area contributed by atoms with Crippen LogP contribution in [0, 0.1) is 12.3 Å². The molecule has 0 saturated heterocycles. The Bertz CT molecular complexity index is 460. The van der Waals surface area contributed by atoms with Gasteiger partial charge in [-0.05, 0) is 18.2 Å². The zero-order chi connectivity index (χ0) is 11.4. The topological polar surface area (TPSA) is 92.4 Å². The van der Waals surface area contributed by atoms with Crippen molar-refractivity contribution in [1.29, 1.82) is 0 Å². The molecule has 0 spiro atoms. The second-order valence-electron chi connectivity index (χ2n) is 2.70. The number of nitrogens with one attached hydrogen (secondary N) is 1. The molecule has 0 aromatic heterocycles. The Morgan fingerprint density at radius 2 is 2.13 bits per heavy atom. The van der Waals surface area contributed by atoms with Gasteiger partial charge in [-0.2, -0.15) is 0 Å². The van der Waals surface area contributed by atoms with E-state index in [4.69, 9.17) is 17.3 Å². The normalized spacial score (nSPS) is 9.00. The predicted octanol–water partition coefficient (Wildman–Crippen LogP) is 0.857. The fourth-order valence-corrected chi connectivity index (χ4v) is 1.05. The lowest BCUT2D eigenvalue weighted by Gasteiger charge is -2.06. The number of aromatic carboxylic acids is 1. The molecule has 0 radical (unpaired) electrons. The monoisotopic (exact) mass is 204 g/mol. The Kier molecular flexibility index (Phi) is 2.94. The van der Waals surface area contributed by atoms with Gasteiger partial charge in [0.15, 0.2) is 0 Å². The smallest absolute Gasteiger partial charge is 0.337 e. The first kappa shape index (κ1) is 10.6. The van der Waals surface area contributed by atoms with Gasteiger partial charge in [0.25, 0.3) is 0 Å². The molecule has 0 unspecified atom stereocenters. The number of primary amides is 1. The van der Waals surface area contributed by atoms with Crippen molar-refractivity contribution < 1.29 is 14.7 Å². The SMILES string of the molecule is C#Cc1ccc(NC(N)=O)c(C(=O)O)c1. The summed E-state index contributed by atoms with van der Waals surface area (Å²) in [6.45, 7) is 0. The van der Waals surface area contributed by atoms with Crippen LogP contribution in [-0.2, 0) is 0 Å². The molecular formula is C10H8N2O3. The van der Waals surface area contributed by atoms with E-state index in [-0.39, 0.29) is 11.3 Å². The van der Waals surface area contributed by atoms with E-state index in [1.54, 1.807) is 0 Å². The molecule has 0 aliphatic rings. The van der Waals surface area contributed by atoms with Gasteiger partial charge >= 0.3 is 12.0 Å². The minimum absolute atomic E-state index is 0.0933. The molecule has 0 aliphatic heterocycles. The van der Waals surface area contributed by atoms with E-state index in [1.165, 1.54) is 18.2 Å². The summed E-state index contributed by atoms with van der Waals surface area (Å²) in [5.74, 6) is 1.11. The molecule has 0 aliphatic carbocycles. The van der Waals surface area contributed by atoms with Gasteiger partial charge in [-0.25, -0.2) is 9.59 Å². The maximum absolute atomic E-state index is 10.8. The zero-order valence-electron chi connectivity index (χ0n) is 7.65. The van der Waals surface area contributed by atoms with Gasteiger partial charge in [-0.15, -0.1) is 6.42 Å². The van der Waals surface area contributed by atoms with Crippen molar-refractivity contribution in [1.82, 2.24) is 0 Å². The summed E-state index contributed by atoms with van der Waals surface area (Å²) in [6, 6.07) is 3.36. The average Bonchev–Trinajstić information content (AvgIpc) is 2.17. The van der Waals surface area contributed by atoms with Crippen LogP contribution in [0.5, 0.6) is 0 Å². The number of carboxylic acids is 1. The molecule has 4 N–H and O–H groups in total. The van der Waals surface area contributed by atoms with E-state index in [1.807, 2.05) is 0 Å². The molecule has 76 valence electrons. The standard InChI is InChI=1S/C10H8N2O3/c1-2-6-3-4-8(12-10(11)15)7(5-6)9(13)14/h1,3-5H,(H,13,14)(H3,11,12,15). The molecule has 0 bridgehead atoms. The lowest BCUT2D eigenvalue weighted by atomic mass is 10.1. The largest absolute Gasteiger partial charge is 0.478 e. The van der Waals surface area contributed by atoms with Gasteiger partial charge in [-0.1, -0.05) is 5.92 Å². The van der Waals surface area contributed by atoms with Gasteiger partial charge in [0, 0.05) is 5.56 Å². The molecule has 5 heteroatoms. The molecule has 1 aromatic rings. The van der Waals surface area contributed by atoms with Crippen molar-refractivity contribution in [2.24, 2.45) is 5.73 Å². The summed E-state index contributed by atoms with van der Waals surface area (Å²) in [6.07, 6.45) is 5.12. The fourth-order valence-electron chi connectivity index (χ4n) is 1.05. The van der Waals surface area contributed by atoms with Crippen LogP contribution in [0.2, 0.25) is 0 Å². The third kappa shape index (κ3) is 2.48. The number of anilines is 1. The summed E-state index contributed by atoms with van der Waals surface area (Å²) >= 11 is 0. The highest BCUT2D eigenvalue weighted by atomic mass is 16.4. The van der Waals surface area contributed by atoms with Gasteiger partial charge < -0.3 is 16.2 Å². The molecular weight excluding hydrogens is 196 g/mol. The number of carboxylic acid groups (broad SMARTS) is 1. The molecule has 2 amide bonds. The first-order valence-corrected chi connectivity index (χ1v) is 3.95. The van der Waals surface area contributed by atoms with Crippen molar-refractivity contribution >= 4 is 17.7 Å². The van der Waals surface area contributed by atoms with E-state index >= 15 is 0 Å². The van der Waals surface area contributed by atoms with Crippen LogP contribution in [0.1, 0.15) is 15.9 Å². The Hall–Kier alpha value is -2.48. The highest BCUT2D eigenvalue weighted by molar-refractivity contribution is 5.99. The minimum atomic E-state index is -1.18. The van der Waals surface area contributed by atoms with Crippen molar-refractivity contribution in [3.8, 4) is 12.3 Å². The first-order valence-electron chi connectivity index (χ1n) is 3.95. The van der Waals surface area contributed by atoms with Crippen LogP contribution in [0.4, 0.5) is 10.5 Å². The number of amides is 2. The van der Waals surface area contributed by atoms with Crippen LogP contribution < -0.4 is 11.1 Å². The molecule has 1 rings (SSSR count). The molecule has 0 atom stereocenters. The number of nitrogens with two attached hydrogens (primary N) is 1. The molecule has 0 fully saturated rings. The van der Waals surface area contributed by atoms with Gasteiger partial charge in [0.2, 0.25) is 0 Å². The van der Waals surface area contributed by atoms with Crippen LogP contribution in [0.3, 0.4) is 0 Å². The van der Waals surface area contributed by atoms with Gasteiger partial charge in [0.1, 0.15) is 0 Å². The number of hydrogen-bond donors (Lipinski definition) is 3. The number of urea groups is 1. The summed E-state index contributed by atoms with van der Waals surface area (Å²) in [5, 5.41) is 11.0. The van der Waals surface area contributed by atoms with E-state index in [2.05, 4.69) is 11.2 Å². The second-order valence-corrected chi connectivity index (χ2v) is 2.70. The molecule has 0 saturated carbocycles. The first-order chi connectivity index (χ1) is 7.04. The molecule has 0 heterocycles. The summed E-state index contributed by atoms with van der Waals surface area (Å²) in [5.41, 5.74) is 5.33. The average molecular weight is 204 g/mol. The Morgan fingerprint density at radius 3 is 2.60 bits per heavy atom. The van der Waals surface area contributed by atoms with E-state index < -0.39 is 12.0 Å². The second kappa shape index (κ2) is 4.15.